The predicted octanol–water partition coefficient (Wildman–Crippen LogP) is 4.51. The van der Waals surface area contributed by atoms with Crippen LogP contribution in [0.1, 0.15) is 17.0 Å². The summed E-state index contributed by atoms with van der Waals surface area (Å²) in [5, 5.41) is 14.8. The van der Waals surface area contributed by atoms with Crippen LogP contribution in [0.4, 0.5) is 5.69 Å². The van der Waals surface area contributed by atoms with Gasteiger partial charge in [0.2, 0.25) is 0 Å². The number of anilines is 1. The number of benzene rings is 3. The second kappa shape index (κ2) is 10.5. The molecule has 0 unspecified atom stereocenters. The first-order valence-corrected chi connectivity index (χ1v) is 12.5. The minimum atomic E-state index is -4.13. The zero-order valence-corrected chi connectivity index (χ0v) is 21.1. The summed E-state index contributed by atoms with van der Waals surface area (Å²) >= 11 is 12.7. The van der Waals surface area contributed by atoms with E-state index in [1.165, 1.54) is 36.7 Å². The van der Waals surface area contributed by atoms with Crippen LogP contribution < -0.4 is 13.8 Å². The third-order valence-electron chi connectivity index (χ3n) is 5.27. The first-order valence-electron chi connectivity index (χ1n) is 10.3. The molecule has 0 amide bonds. The molecule has 0 saturated carbocycles. The number of aromatic amines is 1. The first-order chi connectivity index (χ1) is 16.8. The molecule has 0 aliphatic heterocycles. The van der Waals surface area contributed by atoms with Crippen LogP contribution in [0.5, 0.6) is 11.5 Å². The molecular formula is C23H21Cl2N5O4S. The van der Waals surface area contributed by atoms with E-state index in [-0.39, 0.29) is 23.0 Å². The highest BCUT2D eigenvalue weighted by molar-refractivity contribution is 7.92. The summed E-state index contributed by atoms with van der Waals surface area (Å²) in [4.78, 5) is -0.00251. The van der Waals surface area contributed by atoms with Crippen LogP contribution in [0, 0.1) is 0 Å². The van der Waals surface area contributed by atoms with Crippen LogP contribution >= 0.6 is 23.2 Å². The lowest BCUT2D eigenvalue weighted by Crippen LogP contribution is -2.32. The molecule has 1 heterocycles. The number of H-pyrrole nitrogens is 1. The van der Waals surface area contributed by atoms with Crippen molar-refractivity contribution in [1.82, 2.24) is 20.6 Å². The standard InChI is InChI=1S/C23H21Cl2N5O4S/c1-33-21-10-8-18(13-22(21)34-2)35(31,32)30(14-23-26-28-29-27-23)20-9-7-17(24)12-16(20)11-15-5-3-4-6-19(15)25/h3-10,12-13H,11,14H2,1-2H3,(H,26,27,28,29). The lowest BCUT2D eigenvalue weighted by Gasteiger charge is -2.26. The number of aromatic nitrogens is 4. The molecule has 182 valence electrons. The molecule has 4 rings (SSSR count). The van der Waals surface area contributed by atoms with Gasteiger partial charge in [-0.1, -0.05) is 46.6 Å². The Kier molecular flexibility index (Phi) is 7.44. The minimum absolute atomic E-state index is 0.00251. The van der Waals surface area contributed by atoms with Gasteiger partial charge in [0.25, 0.3) is 10.0 Å². The van der Waals surface area contributed by atoms with Gasteiger partial charge in [-0.05, 0) is 47.5 Å². The van der Waals surface area contributed by atoms with Crippen LogP contribution in [0.25, 0.3) is 0 Å². The van der Waals surface area contributed by atoms with E-state index in [1.807, 2.05) is 18.2 Å². The lowest BCUT2D eigenvalue weighted by atomic mass is 10.0. The number of methoxy groups -OCH3 is 2. The maximum Gasteiger partial charge on any atom is 0.264 e. The smallest absolute Gasteiger partial charge is 0.264 e. The molecule has 1 aromatic heterocycles. The molecule has 12 heteroatoms. The average Bonchev–Trinajstić information content (AvgIpc) is 3.37. The third-order valence-corrected chi connectivity index (χ3v) is 7.63. The van der Waals surface area contributed by atoms with Gasteiger partial charge >= 0.3 is 0 Å². The topological polar surface area (TPSA) is 110 Å². The highest BCUT2D eigenvalue weighted by atomic mass is 35.5. The molecule has 0 saturated heterocycles. The maximum atomic E-state index is 14.0. The van der Waals surface area contributed by atoms with Crippen LogP contribution in [-0.4, -0.2) is 43.3 Å². The first kappa shape index (κ1) is 24.8. The van der Waals surface area contributed by atoms with Gasteiger partial charge in [0.15, 0.2) is 17.3 Å². The molecule has 0 radical (unpaired) electrons. The molecule has 0 aliphatic carbocycles. The van der Waals surface area contributed by atoms with E-state index in [1.54, 1.807) is 24.3 Å². The van der Waals surface area contributed by atoms with Crippen molar-refractivity contribution in [3.63, 3.8) is 0 Å². The van der Waals surface area contributed by atoms with Crippen molar-refractivity contribution in [2.45, 2.75) is 17.9 Å². The van der Waals surface area contributed by atoms with Gasteiger partial charge in [0, 0.05) is 22.5 Å². The minimum Gasteiger partial charge on any atom is -0.493 e. The van der Waals surface area contributed by atoms with Crippen molar-refractivity contribution < 1.29 is 17.9 Å². The molecule has 1 N–H and O–H groups in total. The van der Waals surface area contributed by atoms with Crippen LogP contribution in [-0.2, 0) is 23.0 Å². The largest absolute Gasteiger partial charge is 0.493 e. The Morgan fingerprint density at radius 2 is 1.71 bits per heavy atom. The fourth-order valence-electron chi connectivity index (χ4n) is 3.57. The Labute approximate surface area is 212 Å². The summed E-state index contributed by atoms with van der Waals surface area (Å²) in [5.74, 6) is 0.871. The number of nitrogens with one attached hydrogen (secondary N) is 1. The third kappa shape index (κ3) is 5.34. The highest BCUT2D eigenvalue weighted by Crippen LogP contribution is 2.36. The number of hydrogen-bond acceptors (Lipinski definition) is 7. The fraction of sp³-hybridized carbons (Fsp3) is 0.174. The van der Waals surface area contributed by atoms with Crippen molar-refractivity contribution in [2.24, 2.45) is 0 Å². The molecule has 35 heavy (non-hydrogen) atoms. The normalized spacial score (nSPS) is 11.3. The molecule has 4 aromatic rings. The van der Waals surface area contributed by atoms with E-state index < -0.39 is 10.0 Å². The summed E-state index contributed by atoms with van der Waals surface area (Å²) in [6, 6.07) is 16.7. The summed E-state index contributed by atoms with van der Waals surface area (Å²) in [5.41, 5.74) is 1.87. The molecule has 3 aromatic carbocycles. The SMILES string of the molecule is COc1ccc(S(=O)(=O)N(Cc2nn[nH]n2)c2ccc(Cl)cc2Cc2ccccc2Cl)cc1OC. The second-order valence-electron chi connectivity index (χ2n) is 7.40. The number of hydrogen-bond donors (Lipinski definition) is 1. The number of ether oxygens (including phenoxy) is 2. The molecule has 0 aliphatic rings. The molecule has 0 spiro atoms. The predicted molar refractivity (Wildman–Crippen MR) is 133 cm³/mol. The Morgan fingerprint density at radius 1 is 0.943 bits per heavy atom. The summed E-state index contributed by atoms with van der Waals surface area (Å²) in [6.45, 7) is -0.176. The highest BCUT2D eigenvalue weighted by Gasteiger charge is 2.29. The van der Waals surface area contributed by atoms with Crippen molar-refractivity contribution in [3.05, 3.63) is 87.7 Å². The van der Waals surface area contributed by atoms with Crippen LogP contribution in [0.3, 0.4) is 0 Å². The Balaban J connectivity index is 1.86. The van der Waals surface area contributed by atoms with Gasteiger partial charge in [-0.3, -0.25) is 4.31 Å². The van der Waals surface area contributed by atoms with Gasteiger partial charge in [-0.25, -0.2) is 8.42 Å². The number of tetrazole rings is 1. The monoisotopic (exact) mass is 533 g/mol. The number of rotatable bonds is 9. The fourth-order valence-corrected chi connectivity index (χ4v) is 5.44. The van der Waals surface area contributed by atoms with Crippen molar-refractivity contribution in [3.8, 4) is 11.5 Å². The zero-order chi connectivity index (χ0) is 25.0. The van der Waals surface area contributed by atoms with Crippen LogP contribution in [0.2, 0.25) is 10.0 Å². The van der Waals surface area contributed by atoms with Gasteiger partial charge in [-0.2, -0.15) is 5.21 Å². The van der Waals surface area contributed by atoms with E-state index in [0.29, 0.717) is 33.5 Å². The van der Waals surface area contributed by atoms with Gasteiger partial charge in [0.05, 0.1) is 31.3 Å². The quantitative estimate of drug-likeness (QED) is 0.337. The van der Waals surface area contributed by atoms with E-state index in [4.69, 9.17) is 32.7 Å². The average molecular weight is 534 g/mol. The zero-order valence-electron chi connectivity index (χ0n) is 18.8. The van der Waals surface area contributed by atoms with Gasteiger partial charge < -0.3 is 9.47 Å². The Hall–Kier alpha value is -3.34. The summed E-state index contributed by atoms with van der Waals surface area (Å²) < 4.78 is 39.7. The van der Waals surface area contributed by atoms with Gasteiger partial charge in [-0.15, -0.1) is 10.2 Å². The molecule has 9 nitrogen and oxygen atoms in total. The van der Waals surface area contributed by atoms with Crippen molar-refractivity contribution in [1.29, 1.82) is 0 Å². The molecule has 0 fully saturated rings. The number of halogens is 2. The number of sulfonamides is 1. The molecule has 0 atom stereocenters. The van der Waals surface area contributed by atoms with Crippen LogP contribution in [0.15, 0.2) is 65.6 Å². The molecule has 0 bridgehead atoms. The van der Waals surface area contributed by atoms with E-state index >= 15 is 0 Å². The van der Waals surface area contributed by atoms with Crippen molar-refractivity contribution >= 4 is 38.9 Å². The summed E-state index contributed by atoms with van der Waals surface area (Å²) in [7, 11) is -1.21. The van der Waals surface area contributed by atoms with E-state index in [0.717, 1.165) is 5.56 Å². The van der Waals surface area contributed by atoms with Crippen molar-refractivity contribution in [2.75, 3.05) is 18.5 Å². The number of nitrogens with zero attached hydrogens (tertiary/aromatic N) is 4. The Morgan fingerprint density at radius 3 is 2.40 bits per heavy atom. The maximum absolute atomic E-state index is 14.0. The van der Waals surface area contributed by atoms with E-state index in [9.17, 15) is 8.42 Å². The molecular weight excluding hydrogens is 513 g/mol. The second-order valence-corrected chi connectivity index (χ2v) is 10.1. The summed E-state index contributed by atoms with van der Waals surface area (Å²) in [6.07, 6.45) is 0.347. The Bertz CT molecular complexity index is 1430. The van der Waals surface area contributed by atoms with E-state index in [2.05, 4.69) is 20.6 Å². The van der Waals surface area contributed by atoms with Gasteiger partial charge in [0.1, 0.15) is 0 Å². The lowest BCUT2D eigenvalue weighted by molar-refractivity contribution is 0.354.